The molecule has 0 saturated carbocycles. The predicted octanol–water partition coefficient (Wildman–Crippen LogP) is 4.90. The van der Waals surface area contributed by atoms with Crippen LogP contribution < -0.4 is 11.1 Å². The summed E-state index contributed by atoms with van der Waals surface area (Å²) in [4.78, 5) is 0. The molecule has 2 aromatic rings. The van der Waals surface area contributed by atoms with Gasteiger partial charge in [-0.25, -0.2) is 0 Å². The van der Waals surface area contributed by atoms with Crippen molar-refractivity contribution in [3.8, 4) is 0 Å². The highest BCUT2D eigenvalue weighted by molar-refractivity contribution is 9.10. The summed E-state index contributed by atoms with van der Waals surface area (Å²) in [6, 6.07) is 14.1. The topological polar surface area (TPSA) is 38.0 Å². The molecule has 0 fully saturated rings. The fourth-order valence-corrected chi connectivity index (χ4v) is 2.39. The highest BCUT2D eigenvalue weighted by Gasteiger charge is 2.07. The molecule has 0 amide bonds. The molecule has 2 rings (SSSR count). The van der Waals surface area contributed by atoms with Crippen LogP contribution in [0.4, 0.5) is 17.1 Å². The van der Waals surface area contributed by atoms with Crippen molar-refractivity contribution >= 4 is 33.0 Å². The molecule has 0 atom stereocenters. The Morgan fingerprint density at radius 1 is 1.06 bits per heavy atom. The fourth-order valence-electron chi connectivity index (χ4n) is 1.89. The number of para-hydroxylation sites is 1. The molecule has 0 spiro atoms. The number of nitrogens with two attached hydrogens (primary N) is 1. The second kappa shape index (κ2) is 5.44. The molecule has 0 aliphatic carbocycles. The maximum absolute atomic E-state index is 5.74. The van der Waals surface area contributed by atoms with Crippen LogP contribution in [0, 0.1) is 0 Å². The van der Waals surface area contributed by atoms with Gasteiger partial charge >= 0.3 is 0 Å². The van der Waals surface area contributed by atoms with Crippen molar-refractivity contribution in [2.24, 2.45) is 0 Å². The average molecular weight is 305 g/mol. The molecule has 3 N–H and O–H groups in total. The lowest BCUT2D eigenvalue weighted by Crippen LogP contribution is -1.98. The number of rotatable bonds is 3. The minimum Gasteiger partial charge on any atom is -0.399 e. The molecule has 0 radical (unpaired) electrons. The Bertz CT molecular complexity index is 550. The first-order valence-corrected chi connectivity index (χ1v) is 6.78. The average Bonchev–Trinajstić information content (AvgIpc) is 2.33. The van der Waals surface area contributed by atoms with Crippen molar-refractivity contribution < 1.29 is 0 Å². The Kier molecular flexibility index (Phi) is 3.92. The Hall–Kier alpha value is -1.48. The van der Waals surface area contributed by atoms with Crippen molar-refractivity contribution in [3.05, 3.63) is 52.5 Å². The van der Waals surface area contributed by atoms with Gasteiger partial charge in [0.05, 0.1) is 5.69 Å². The molecule has 0 aromatic heterocycles. The van der Waals surface area contributed by atoms with Crippen LogP contribution in [0.15, 0.2) is 46.9 Å². The van der Waals surface area contributed by atoms with Crippen molar-refractivity contribution in [3.63, 3.8) is 0 Å². The van der Waals surface area contributed by atoms with E-state index in [1.165, 1.54) is 5.56 Å². The van der Waals surface area contributed by atoms with Crippen LogP contribution >= 0.6 is 15.9 Å². The first-order chi connectivity index (χ1) is 8.58. The molecule has 18 heavy (non-hydrogen) atoms. The van der Waals surface area contributed by atoms with E-state index in [1.807, 2.05) is 24.3 Å². The SMILES string of the molecule is CC(C)c1ccccc1Nc1ccc(N)cc1Br. The summed E-state index contributed by atoms with van der Waals surface area (Å²) in [5.41, 5.74) is 9.96. The van der Waals surface area contributed by atoms with Crippen LogP contribution in [0.3, 0.4) is 0 Å². The number of halogens is 1. The molecule has 94 valence electrons. The number of hydrogen-bond acceptors (Lipinski definition) is 2. The van der Waals surface area contributed by atoms with Crippen molar-refractivity contribution in [2.75, 3.05) is 11.1 Å². The quantitative estimate of drug-likeness (QED) is 0.792. The van der Waals surface area contributed by atoms with Gasteiger partial charge in [0.1, 0.15) is 0 Å². The predicted molar refractivity (Wildman–Crippen MR) is 82.4 cm³/mol. The third-order valence-electron chi connectivity index (χ3n) is 2.85. The number of anilines is 3. The molecule has 0 saturated heterocycles. The summed E-state index contributed by atoms with van der Waals surface area (Å²) in [6.07, 6.45) is 0. The Labute approximate surface area is 116 Å². The molecule has 2 aromatic carbocycles. The zero-order chi connectivity index (χ0) is 13.1. The molecular weight excluding hydrogens is 288 g/mol. The lowest BCUT2D eigenvalue weighted by molar-refractivity contribution is 0.869. The lowest BCUT2D eigenvalue weighted by atomic mass is 10.0. The summed E-state index contributed by atoms with van der Waals surface area (Å²) in [5, 5.41) is 3.45. The zero-order valence-electron chi connectivity index (χ0n) is 10.6. The van der Waals surface area contributed by atoms with Gasteiger partial charge in [-0.1, -0.05) is 32.0 Å². The van der Waals surface area contributed by atoms with Crippen molar-refractivity contribution in [1.29, 1.82) is 0 Å². The molecule has 3 heteroatoms. The highest BCUT2D eigenvalue weighted by Crippen LogP contribution is 2.31. The summed E-state index contributed by atoms with van der Waals surface area (Å²) in [5.74, 6) is 0.487. The van der Waals surface area contributed by atoms with Crippen molar-refractivity contribution in [1.82, 2.24) is 0 Å². The third kappa shape index (κ3) is 2.85. The van der Waals surface area contributed by atoms with E-state index in [2.05, 4.69) is 53.3 Å². The molecule has 0 aliphatic rings. The van der Waals surface area contributed by atoms with Crippen LogP contribution in [0.25, 0.3) is 0 Å². The van der Waals surface area contributed by atoms with E-state index in [4.69, 9.17) is 5.73 Å². The molecule has 0 aliphatic heterocycles. The van der Waals surface area contributed by atoms with Gasteiger partial charge < -0.3 is 11.1 Å². The molecule has 2 nitrogen and oxygen atoms in total. The number of benzene rings is 2. The second-order valence-electron chi connectivity index (χ2n) is 4.61. The first-order valence-electron chi connectivity index (χ1n) is 5.99. The maximum Gasteiger partial charge on any atom is 0.0530 e. The first kappa shape index (κ1) is 13.0. The van der Waals surface area contributed by atoms with Crippen LogP contribution in [0.2, 0.25) is 0 Å². The summed E-state index contributed by atoms with van der Waals surface area (Å²) in [7, 11) is 0. The standard InChI is InChI=1S/C15H17BrN2/c1-10(2)12-5-3-4-6-14(12)18-15-8-7-11(17)9-13(15)16/h3-10,18H,17H2,1-2H3. The largest absolute Gasteiger partial charge is 0.399 e. The van der Waals surface area contributed by atoms with Crippen LogP contribution in [0.1, 0.15) is 25.3 Å². The molecule has 0 bridgehead atoms. The summed E-state index contributed by atoms with van der Waals surface area (Å²) in [6.45, 7) is 4.39. The summed E-state index contributed by atoms with van der Waals surface area (Å²) >= 11 is 3.52. The maximum atomic E-state index is 5.74. The van der Waals surface area contributed by atoms with Gasteiger partial charge in [-0.2, -0.15) is 0 Å². The van der Waals surface area contributed by atoms with Gasteiger partial charge in [-0.15, -0.1) is 0 Å². The normalized spacial score (nSPS) is 10.7. The van der Waals surface area contributed by atoms with Gasteiger partial charge in [0.25, 0.3) is 0 Å². The minimum absolute atomic E-state index is 0.487. The fraction of sp³-hybridized carbons (Fsp3) is 0.200. The van der Waals surface area contributed by atoms with E-state index in [0.29, 0.717) is 5.92 Å². The van der Waals surface area contributed by atoms with E-state index in [1.54, 1.807) is 0 Å². The van der Waals surface area contributed by atoms with Gasteiger partial charge in [0, 0.05) is 15.8 Å². The minimum atomic E-state index is 0.487. The molecule has 0 heterocycles. The van der Waals surface area contributed by atoms with E-state index < -0.39 is 0 Å². The highest BCUT2D eigenvalue weighted by atomic mass is 79.9. The third-order valence-corrected chi connectivity index (χ3v) is 3.50. The van der Waals surface area contributed by atoms with Gasteiger partial charge in [-0.05, 0) is 51.7 Å². The number of nitrogen functional groups attached to an aromatic ring is 1. The smallest absolute Gasteiger partial charge is 0.0530 e. The van der Waals surface area contributed by atoms with Gasteiger partial charge in [0.15, 0.2) is 0 Å². The van der Waals surface area contributed by atoms with E-state index in [9.17, 15) is 0 Å². The van der Waals surface area contributed by atoms with Crippen LogP contribution in [-0.4, -0.2) is 0 Å². The lowest BCUT2D eigenvalue weighted by Gasteiger charge is -2.15. The Morgan fingerprint density at radius 2 is 1.78 bits per heavy atom. The van der Waals surface area contributed by atoms with Crippen LogP contribution in [-0.2, 0) is 0 Å². The molecule has 0 unspecified atom stereocenters. The molecular formula is C15H17BrN2. The van der Waals surface area contributed by atoms with E-state index in [-0.39, 0.29) is 0 Å². The van der Waals surface area contributed by atoms with E-state index >= 15 is 0 Å². The van der Waals surface area contributed by atoms with Crippen LogP contribution in [0.5, 0.6) is 0 Å². The number of hydrogen-bond donors (Lipinski definition) is 2. The zero-order valence-corrected chi connectivity index (χ0v) is 12.2. The van der Waals surface area contributed by atoms with E-state index in [0.717, 1.165) is 21.5 Å². The van der Waals surface area contributed by atoms with Gasteiger partial charge in [-0.3, -0.25) is 0 Å². The second-order valence-corrected chi connectivity index (χ2v) is 5.46. The Morgan fingerprint density at radius 3 is 2.44 bits per heavy atom. The monoisotopic (exact) mass is 304 g/mol. The van der Waals surface area contributed by atoms with Gasteiger partial charge in [0.2, 0.25) is 0 Å². The summed E-state index contributed by atoms with van der Waals surface area (Å²) < 4.78 is 0.973. The van der Waals surface area contributed by atoms with Crippen molar-refractivity contribution in [2.45, 2.75) is 19.8 Å². The Balaban J connectivity index is 2.34. The number of nitrogens with one attached hydrogen (secondary N) is 1.